The number of hydrogen-bond donors (Lipinski definition) is 0. The van der Waals surface area contributed by atoms with E-state index in [4.69, 9.17) is 0 Å². The van der Waals surface area contributed by atoms with Gasteiger partial charge in [-0.3, -0.25) is 4.68 Å². The lowest BCUT2D eigenvalue weighted by Gasteiger charge is -2.09. The van der Waals surface area contributed by atoms with Crippen LogP contribution in [-0.2, 0) is 12.3 Å². The fourth-order valence-electron chi connectivity index (χ4n) is 1.42. The van der Waals surface area contributed by atoms with Crippen LogP contribution in [-0.4, -0.2) is 41.1 Å². The van der Waals surface area contributed by atoms with Gasteiger partial charge in [-0.15, -0.1) is 0 Å². The van der Waals surface area contributed by atoms with Crippen molar-refractivity contribution in [1.29, 1.82) is 0 Å². The molecular weight excluding hydrogens is 286 g/mol. The van der Waals surface area contributed by atoms with Crippen LogP contribution in [0.3, 0.4) is 0 Å². The molecule has 0 aliphatic carbocycles. The largest absolute Gasteiger partial charge is 0.309 e. The minimum absolute atomic E-state index is 0.940. The highest BCUT2D eigenvalue weighted by Crippen LogP contribution is 2.24. The lowest BCUT2D eigenvalue weighted by Crippen LogP contribution is -2.15. The molecule has 1 heterocycles. The number of aryl methyl sites for hydroxylation is 2. The van der Waals surface area contributed by atoms with Crippen LogP contribution in [0.2, 0.25) is 0 Å². The van der Waals surface area contributed by atoms with Crippen LogP contribution in [0.1, 0.15) is 18.3 Å². The second-order valence-corrected chi connectivity index (χ2v) is 5.92. The van der Waals surface area contributed by atoms with E-state index in [1.165, 1.54) is 10.2 Å². The average molecular weight is 306 g/mol. The molecule has 0 aliphatic rings. The Kier molecular flexibility index (Phi) is 5.86. The first-order chi connectivity index (χ1) is 7.56. The predicted molar refractivity (Wildman–Crippen MR) is 75.1 cm³/mol. The van der Waals surface area contributed by atoms with Crippen LogP contribution in [0.15, 0.2) is 4.47 Å². The molecule has 0 bridgehead atoms. The summed E-state index contributed by atoms with van der Waals surface area (Å²) in [5.74, 6) is 2.19. The first-order valence-corrected chi connectivity index (χ1v) is 7.45. The highest BCUT2D eigenvalue weighted by Gasteiger charge is 2.11. The Bertz CT molecular complexity index is 336. The van der Waals surface area contributed by atoms with Crippen molar-refractivity contribution in [1.82, 2.24) is 14.7 Å². The number of thioether (sulfide) groups is 1. The number of nitrogens with zero attached hydrogens (tertiary/aromatic N) is 3. The Balaban J connectivity index is 2.52. The molecule has 0 spiro atoms. The van der Waals surface area contributed by atoms with Gasteiger partial charge in [-0.1, -0.05) is 0 Å². The van der Waals surface area contributed by atoms with Gasteiger partial charge in [-0.25, -0.2) is 0 Å². The smallest absolute Gasteiger partial charge is 0.0739 e. The molecule has 0 aliphatic heterocycles. The Morgan fingerprint density at radius 1 is 1.44 bits per heavy atom. The van der Waals surface area contributed by atoms with Crippen LogP contribution >= 0.6 is 27.7 Å². The molecule has 0 fully saturated rings. The number of hydrogen-bond acceptors (Lipinski definition) is 3. The van der Waals surface area contributed by atoms with Crippen molar-refractivity contribution >= 4 is 27.7 Å². The standard InChI is InChI=1S/C11H20BrN3S/c1-5-15-10(11(12)9(2)13-15)8-16-7-6-14(3)4/h5-8H2,1-4H3. The normalized spacial score (nSPS) is 11.4. The summed E-state index contributed by atoms with van der Waals surface area (Å²) in [6, 6.07) is 0. The van der Waals surface area contributed by atoms with Crippen LogP contribution in [0, 0.1) is 6.92 Å². The first kappa shape index (κ1) is 14.1. The lowest BCUT2D eigenvalue weighted by molar-refractivity contribution is 0.437. The summed E-state index contributed by atoms with van der Waals surface area (Å²) < 4.78 is 3.26. The fraction of sp³-hybridized carbons (Fsp3) is 0.727. The van der Waals surface area contributed by atoms with Crippen molar-refractivity contribution in [2.75, 3.05) is 26.4 Å². The summed E-state index contributed by atoms with van der Waals surface area (Å²) in [6.45, 7) is 6.24. The van der Waals surface area contributed by atoms with Crippen molar-refractivity contribution in [3.63, 3.8) is 0 Å². The van der Waals surface area contributed by atoms with Crippen molar-refractivity contribution < 1.29 is 0 Å². The second-order valence-electron chi connectivity index (χ2n) is 4.02. The third-order valence-electron chi connectivity index (χ3n) is 2.37. The maximum atomic E-state index is 4.49. The summed E-state index contributed by atoms with van der Waals surface area (Å²) in [5.41, 5.74) is 2.40. The van der Waals surface area contributed by atoms with Crippen LogP contribution < -0.4 is 0 Å². The molecule has 0 saturated heterocycles. The van der Waals surface area contributed by atoms with Gasteiger partial charge in [0.1, 0.15) is 0 Å². The third-order valence-corrected chi connectivity index (χ3v) is 4.35. The summed E-state index contributed by atoms with van der Waals surface area (Å²) in [5, 5.41) is 4.49. The van der Waals surface area contributed by atoms with Gasteiger partial charge >= 0.3 is 0 Å². The topological polar surface area (TPSA) is 21.1 Å². The van der Waals surface area contributed by atoms with E-state index in [-0.39, 0.29) is 0 Å². The molecule has 1 rings (SSSR count). The van der Waals surface area contributed by atoms with E-state index in [9.17, 15) is 0 Å². The van der Waals surface area contributed by atoms with Crippen molar-refractivity contribution in [2.24, 2.45) is 0 Å². The molecule has 0 unspecified atom stereocenters. The molecule has 0 atom stereocenters. The van der Waals surface area contributed by atoms with Crippen LogP contribution in [0.4, 0.5) is 0 Å². The van der Waals surface area contributed by atoms with Crippen molar-refractivity contribution in [3.8, 4) is 0 Å². The summed E-state index contributed by atoms with van der Waals surface area (Å²) in [6.07, 6.45) is 0. The molecule has 0 aromatic carbocycles. The predicted octanol–water partition coefficient (Wildman–Crippen LogP) is 2.77. The van der Waals surface area contributed by atoms with Crippen molar-refractivity contribution in [2.45, 2.75) is 26.1 Å². The quantitative estimate of drug-likeness (QED) is 0.754. The maximum Gasteiger partial charge on any atom is 0.0739 e. The average Bonchev–Trinajstić information content (AvgIpc) is 2.50. The first-order valence-electron chi connectivity index (χ1n) is 5.50. The van der Waals surface area contributed by atoms with E-state index < -0.39 is 0 Å². The molecule has 0 saturated carbocycles. The zero-order valence-corrected chi connectivity index (χ0v) is 12.9. The molecule has 1 aromatic rings. The van der Waals surface area contributed by atoms with E-state index >= 15 is 0 Å². The molecule has 1 aromatic heterocycles. The Hall–Kier alpha value is -0.0000000000000000763. The lowest BCUT2D eigenvalue weighted by atomic mass is 10.4. The van der Waals surface area contributed by atoms with Gasteiger partial charge in [-0.2, -0.15) is 16.9 Å². The van der Waals surface area contributed by atoms with E-state index in [1.54, 1.807) is 0 Å². The second kappa shape index (κ2) is 6.67. The third kappa shape index (κ3) is 3.79. The summed E-state index contributed by atoms with van der Waals surface area (Å²) in [4.78, 5) is 2.21. The zero-order valence-electron chi connectivity index (χ0n) is 10.5. The summed E-state index contributed by atoms with van der Waals surface area (Å²) in [7, 11) is 4.22. The molecule has 5 heteroatoms. The van der Waals surface area contributed by atoms with Crippen molar-refractivity contribution in [3.05, 3.63) is 15.9 Å². The van der Waals surface area contributed by atoms with Gasteiger partial charge in [-0.05, 0) is 43.9 Å². The van der Waals surface area contributed by atoms with E-state index in [2.05, 4.69) is 51.6 Å². The molecule has 0 radical (unpaired) electrons. The Morgan fingerprint density at radius 2 is 2.12 bits per heavy atom. The zero-order chi connectivity index (χ0) is 12.1. The molecular formula is C11H20BrN3S. The SMILES string of the molecule is CCn1nc(C)c(Br)c1CSCCN(C)C. The fourth-order valence-corrected chi connectivity index (χ4v) is 3.16. The molecule has 16 heavy (non-hydrogen) atoms. The van der Waals surface area contributed by atoms with Crippen LogP contribution in [0.5, 0.6) is 0 Å². The molecule has 3 nitrogen and oxygen atoms in total. The number of rotatable bonds is 6. The number of aromatic nitrogens is 2. The van der Waals surface area contributed by atoms with E-state index in [0.717, 1.165) is 30.3 Å². The van der Waals surface area contributed by atoms with Gasteiger partial charge in [0.25, 0.3) is 0 Å². The van der Waals surface area contributed by atoms with Crippen LogP contribution in [0.25, 0.3) is 0 Å². The maximum absolute atomic E-state index is 4.49. The number of halogens is 1. The molecule has 0 amide bonds. The highest BCUT2D eigenvalue weighted by molar-refractivity contribution is 9.10. The minimum Gasteiger partial charge on any atom is -0.309 e. The molecule has 92 valence electrons. The highest BCUT2D eigenvalue weighted by atomic mass is 79.9. The monoisotopic (exact) mass is 305 g/mol. The van der Waals surface area contributed by atoms with E-state index in [1.807, 2.05) is 18.7 Å². The summed E-state index contributed by atoms with van der Waals surface area (Å²) >= 11 is 5.58. The van der Waals surface area contributed by atoms with E-state index in [0.29, 0.717) is 0 Å². The Morgan fingerprint density at radius 3 is 2.69 bits per heavy atom. The van der Waals surface area contributed by atoms with Gasteiger partial charge < -0.3 is 4.90 Å². The van der Waals surface area contributed by atoms with Gasteiger partial charge in [0.2, 0.25) is 0 Å². The van der Waals surface area contributed by atoms with Gasteiger partial charge in [0, 0.05) is 24.6 Å². The Labute approximate surface area is 111 Å². The molecule has 0 N–H and O–H groups in total. The van der Waals surface area contributed by atoms with Gasteiger partial charge in [0.05, 0.1) is 15.9 Å². The minimum atomic E-state index is 0.940. The van der Waals surface area contributed by atoms with Gasteiger partial charge in [0.15, 0.2) is 0 Å².